The Morgan fingerprint density at radius 3 is 2.33 bits per heavy atom. The Morgan fingerprint density at radius 1 is 1.28 bits per heavy atom. The zero-order valence-electron chi connectivity index (χ0n) is 10.5. The standard InChI is InChI=1S/C12H21NO4S/c14-9-12(6-11(7-12)2-1-3-11)8-13-18(15,16)10-4-17-5-10/h10,13-14H,1-9H2. The van der Waals surface area contributed by atoms with Gasteiger partial charge in [-0.1, -0.05) is 6.42 Å². The maximum atomic E-state index is 11.9. The molecule has 0 aromatic carbocycles. The first-order chi connectivity index (χ1) is 8.49. The van der Waals surface area contributed by atoms with Crippen LogP contribution >= 0.6 is 0 Å². The molecule has 104 valence electrons. The summed E-state index contributed by atoms with van der Waals surface area (Å²) < 4.78 is 31.4. The van der Waals surface area contributed by atoms with Crippen LogP contribution in [0.25, 0.3) is 0 Å². The fourth-order valence-electron chi connectivity index (χ4n) is 3.63. The number of hydrogen-bond donors (Lipinski definition) is 2. The summed E-state index contributed by atoms with van der Waals surface area (Å²) in [4.78, 5) is 0. The maximum absolute atomic E-state index is 11.9. The number of aliphatic hydroxyl groups excluding tert-OH is 1. The van der Waals surface area contributed by atoms with Crippen LogP contribution in [-0.2, 0) is 14.8 Å². The van der Waals surface area contributed by atoms with Gasteiger partial charge in [-0.25, -0.2) is 13.1 Å². The molecule has 18 heavy (non-hydrogen) atoms. The third-order valence-corrected chi connectivity index (χ3v) is 6.64. The van der Waals surface area contributed by atoms with Crippen LogP contribution in [0.15, 0.2) is 0 Å². The van der Waals surface area contributed by atoms with Crippen LogP contribution in [0.2, 0.25) is 0 Å². The van der Waals surface area contributed by atoms with E-state index in [4.69, 9.17) is 4.74 Å². The molecule has 1 saturated heterocycles. The van der Waals surface area contributed by atoms with E-state index >= 15 is 0 Å². The molecule has 5 nitrogen and oxygen atoms in total. The monoisotopic (exact) mass is 275 g/mol. The molecule has 6 heteroatoms. The highest BCUT2D eigenvalue weighted by Crippen LogP contribution is 2.64. The average molecular weight is 275 g/mol. The molecule has 1 spiro atoms. The van der Waals surface area contributed by atoms with Crippen molar-refractivity contribution >= 4 is 10.0 Å². The molecular weight excluding hydrogens is 254 g/mol. The topological polar surface area (TPSA) is 75.6 Å². The summed E-state index contributed by atoms with van der Waals surface area (Å²) in [5, 5.41) is 9.14. The highest BCUT2D eigenvalue weighted by atomic mass is 32.2. The Labute approximate surface area is 108 Å². The van der Waals surface area contributed by atoms with Crippen LogP contribution in [-0.4, -0.2) is 45.1 Å². The molecule has 2 saturated carbocycles. The lowest BCUT2D eigenvalue weighted by atomic mass is 9.45. The highest BCUT2D eigenvalue weighted by Gasteiger charge is 2.56. The van der Waals surface area contributed by atoms with E-state index in [1.165, 1.54) is 19.3 Å². The molecule has 2 aliphatic carbocycles. The van der Waals surface area contributed by atoms with Crippen molar-refractivity contribution < 1.29 is 18.3 Å². The molecule has 3 rings (SSSR count). The SMILES string of the molecule is O=S(=O)(NCC1(CO)CC2(CCC2)C1)C1COC1. The number of hydrogen-bond acceptors (Lipinski definition) is 4. The molecule has 1 aliphatic heterocycles. The first-order valence-corrected chi connectivity index (χ1v) is 8.21. The summed E-state index contributed by atoms with van der Waals surface area (Å²) in [6, 6.07) is 0. The zero-order chi connectivity index (χ0) is 12.9. The molecule has 3 fully saturated rings. The van der Waals surface area contributed by atoms with Gasteiger partial charge in [0.15, 0.2) is 0 Å². The van der Waals surface area contributed by atoms with Crippen LogP contribution in [0.3, 0.4) is 0 Å². The van der Waals surface area contributed by atoms with Gasteiger partial charge < -0.3 is 9.84 Å². The number of aliphatic hydroxyl groups is 1. The van der Waals surface area contributed by atoms with Crippen LogP contribution in [0.5, 0.6) is 0 Å². The van der Waals surface area contributed by atoms with E-state index in [2.05, 4.69) is 4.72 Å². The summed E-state index contributed by atoms with van der Waals surface area (Å²) in [5.41, 5.74) is 0.228. The highest BCUT2D eigenvalue weighted by molar-refractivity contribution is 7.90. The lowest BCUT2D eigenvalue weighted by Gasteiger charge is -2.60. The number of rotatable bonds is 5. The third kappa shape index (κ3) is 1.99. The van der Waals surface area contributed by atoms with Gasteiger partial charge in [0.25, 0.3) is 0 Å². The van der Waals surface area contributed by atoms with Crippen LogP contribution in [0.1, 0.15) is 32.1 Å². The van der Waals surface area contributed by atoms with Crippen molar-refractivity contribution in [2.45, 2.75) is 37.4 Å². The third-order valence-electron chi connectivity index (χ3n) is 4.94. The fourth-order valence-corrected chi connectivity index (χ4v) is 4.92. The lowest BCUT2D eigenvalue weighted by Crippen LogP contribution is -2.58. The molecule has 0 radical (unpaired) electrons. The second-order valence-corrected chi connectivity index (χ2v) is 8.44. The van der Waals surface area contributed by atoms with E-state index in [0.29, 0.717) is 25.2 Å². The summed E-state index contributed by atoms with van der Waals surface area (Å²) in [7, 11) is -3.26. The molecule has 0 amide bonds. The molecule has 0 aromatic heterocycles. The molecule has 0 unspecified atom stereocenters. The second-order valence-electron chi connectivity index (χ2n) is 6.39. The first kappa shape index (κ1) is 12.8. The molecule has 0 bridgehead atoms. The van der Waals surface area contributed by atoms with E-state index < -0.39 is 15.3 Å². The van der Waals surface area contributed by atoms with Crippen LogP contribution in [0.4, 0.5) is 0 Å². The van der Waals surface area contributed by atoms with Gasteiger partial charge in [-0.2, -0.15) is 0 Å². The van der Waals surface area contributed by atoms with Crippen LogP contribution in [0, 0.1) is 10.8 Å². The van der Waals surface area contributed by atoms with Crippen molar-refractivity contribution in [3.05, 3.63) is 0 Å². The van der Waals surface area contributed by atoms with Gasteiger partial charge in [0.05, 0.1) is 13.2 Å². The Balaban J connectivity index is 1.55. The maximum Gasteiger partial charge on any atom is 0.219 e. The Bertz CT molecular complexity index is 417. The van der Waals surface area contributed by atoms with Crippen molar-refractivity contribution in [1.29, 1.82) is 0 Å². The molecular formula is C12H21NO4S. The molecule has 3 aliphatic rings. The van der Waals surface area contributed by atoms with Gasteiger partial charge in [0.1, 0.15) is 5.25 Å². The molecule has 0 aromatic rings. The molecule has 0 atom stereocenters. The number of ether oxygens (including phenoxy) is 1. The number of nitrogens with one attached hydrogen (secondary N) is 1. The summed E-state index contributed by atoms with van der Waals surface area (Å²) in [5.74, 6) is 0. The van der Waals surface area contributed by atoms with E-state index in [1.807, 2.05) is 0 Å². The fraction of sp³-hybridized carbons (Fsp3) is 1.00. The second kappa shape index (κ2) is 4.16. The predicted octanol–water partition coefficient (Wildman–Crippen LogP) is 0.247. The summed E-state index contributed by atoms with van der Waals surface area (Å²) in [6.45, 7) is 1.05. The van der Waals surface area contributed by atoms with Gasteiger partial charge in [0, 0.05) is 18.6 Å². The zero-order valence-corrected chi connectivity index (χ0v) is 11.3. The largest absolute Gasteiger partial charge is 0.396 e. The summed E-state index contributed by atoms with van der Waals surface area (Å²) in [6.07, 6.45) is 5.73. The normalized spacial score (nSPS) is 29.4. The minimum absolute atomic E-state index is 0.0818. The predicted molar refractivity (Wildman–Crippen MR) is 66.6 cm³/mol. The van der Waals surface area contributed by atoms with Gasteiger partial charge in [0.2, 0.25) is 10.0 Å². The summed E-state index contributed by atoms with van der Waals surface area (Å²) >= 11 is 0. The van der Waals surface area contributed by atoms with Gasteiger partial charge in [-0.3, -0.25) is 0 Å². The van der Waals surface area contributed by atoms with E-state index in [1.54, 1.807) is 0 Å². The lowest BCUT2D eigenvalue weighted by molar-refractivity contribution is -0.117. The van der Waals surface area contributed by atoms with Crippen molar-refractivity contribution in [3.63, 3.8) is 0 Å². The van der Waals surface area contributed by atoms with E-state index in [9.17, 15) is 13.5 Å². The Hall–Kier alpha value is -0.170. The minimum Gasteiger partial charge on any atom is -0.396 e. The Morgan fingerprint density at radius 2 is 1.94 bits per heavy atom. The first-order valence-electron chi connectivity index (χ1n) is 6.67. The van der Waals surface area contributed by atoms with Crippen molar-refractivity contribution in [3.8, 4) is 0 Å². The van der Waals surface area contributed by atoms with E-state index in [-0.39, 0.29) is 12.0 Å². The van der Waals surface area contributed by atoms with Gasteiger partial charge in [-0.15, -0.1) is 0 Å². The Kier molecular flexibility index (Phi) is 2.97. The molecule has 1 heterocycles. The minimum atomic E-state index is -3.26. The molecule has 2 N–H and O–H groups in total. The van der Waals surface area contributed by atoms with Crippen LogP contribution < -0.4 is 4.72 Å². The van der Waals surface area contributed by atoms with Crippen molar-refractivity contribution in [2.24, 2.45) is 10.8 Å². The van der Waals surface area contributed by atoms with E-state index in [0.717, 1.165) is 12.8 Å². The van der Waals surface area contributed by atoms with Crippen molar-refractivity contribution in [1.82, 2.24) is 4.72 Å². The number of sulfonamides is 1. The quantitative estimate of drug-likeness (QED) is 0.754. The van der Waals surface area contributed by atoms with Gasteiger partial charge in [-0.05, 0) is 31.1 Å². The van der Waals surface area contributed by atoms with Gasteiger partial charge >= 0.3 is 0 Å². The van der Waals surface area contributed by atoms with Crippen molar-refractivity contribution in [2.75, 3.05) is 26.4 Å². The smallest absolute Gasteiger partial charge is 0.219 e. The average Bonchev–Trinajstić information content (AvgIpc) is 2.10.